The predicted molar refractivity (Wildman–Crippen MR) is 102 cm³/mol. The number of carbonyl (C=O) groups excluding carboxylic acids is 2. The molecule has 0 aliphatic carbocycles. The third-order valence-electron chi connectivity index (χ3n) is 3.82. The quantitative estimate of drug-likeness (QED) is 0.708. The molecule has 0 bridgehead atoms. The maximum absolute atomic E-state index is 13.2. The lowest BCUT2D eigenvalue weighted by Crippen LogP contribution is -2.14. The van der Waals surface area contributed by atoms with Crippen LogP contribution in [0.2, 0.25) is 0 Å². The number of carbonyl (C=O) groups is 2. The minimum Gasteiger partial charge on any atom is -0.497 e. The van der Waals surface area contributed by atoms with E-state index in [1.165, 1.54) is 30.3 Å². The Balaban J connectivity index is 1.67. The van der Waals surface area contributed by atoms with Crippen LogP contribution in [-0.4, -0.2) is 18.9 Å². The molecule has 0 aliphatic rings. The topological polar surface area (TPSA) is 67.4 Å². The van der Waals surface area contributed by atoms with Gasteiger partial charge in [0.25, 0.3) is 11.8 Å². The van der Waals surface area contributed by atoms with Gasteiger partial charge in [-0.1, -0.05) is 12.1 Å². The van der Waals surface area contributed by atoms with E-state index in [0.717, 1.165) is 0 Å². The Morgan fingerprint density at radius 1 is 0.778 bits per heavy atom. The molecule has 3 aromatic rings. The van der Waals surface area contributed by atoms with E-state index in [-0.39, 0.29) is 11.8 Å². The molecule has 3 rings (SSSR count). The van der Waals surface area contributed by atoms with Gasteiger partial charge in [0.1, 0.15) is 11.6 Å². The summed E-state index contributed by atoms with van der Waals surface area (Å²) in [6.07, 6.45) is 0. The number of halogens is 1. The van der Waals surface area contributed by atoms with Crippen LogP contribution in [-0.2, 0) is 0 Å². The van der Waals surface area contributed by atoms with Gasteiger partial charge in [-0.2, -0.15) is 0 Å². The van der Waals surface area contributed by atoms with Crippen LogP contribution in [0.25, 0.3) is 0 Å². The van der Waals surface area contributed by atoms with Gasteiger partial charge in [-0.3, -0.25) is 9.59 Å². The number of methoxy groups -OCH3 is 1. The van der Waals surface area contributed by atoms with E-state index in [2.05, 4.69) is 10.6 Å². The molecule has 0 saturated carbocycles. The summed E-state index contributed by atoms with van der Waals surface area (Å²) in [7, 11) is 1.55. The first kappa shape index (κ1) is 18.1. The van der Waals surface area contributed by atoms with E-state index in [0.29, 0.717) is 28.3 Å². The molecule has 136 valence electrons. The highest BCUT2D eigenvalue weighted by atomic mass is 19.1. The Hall–Kier alpha value is -3.67. The molecular formula is C21H17FN2O3. The number of hydrogen-bond acceptors (Lipinski definition) is 3. The molecule has 0 fully saturated rings. The van der Waals surface area contributed by atoms with Crippen molar-refractivity contribution in [1.82, 2.24) is 0 Å². The van der Waals surface area contributed by atoms with Crippen molar-refractivity contribution in [3.63, 3.8) is 0 Å². The first-order valence-corrected chi connectivity index (χ1v) is 8.17. The fourth-order valence-electron chi connectivity index (χ4n) is 2.45. The monoisotopic (exact) mass is 364 g/mol. The molecule has 0 radical (unpaired) electrons. The minimum absolute atomic E-state index is 0.305. The van der Waals surface area contributed by atoms with Crippen molar-refractivity contribution in [2.24, 2.45) is 0 Å². The molecule has 0 unspecified atom stereocenters. The average Bonchev–Trinajstić information content (AvgIpc) is 2.68. The van der Waals surface area contributed by atoms with Crippen LogP contribution in [0.4, 0.5) is 15.8 Å². The van der Waals surface area contributed by atoms with E-state index in [9.17, 15) is 14.0 Å². The maximum Gasteiger partial charge on any atom is 0.255 e. The van der Waals surface area contributed by atoms with Crippen molar-refractivity contribution >= 4 is 23.2 Å². The van der Waals surface area contributed by atoms with Crippen molar-refractivity contribution in [3.8, 4) is 5.75 Å². The maximum atomic E-state index is 13.2. The lowest BCUT2D eigenvalue weighted by molar-refractivity contribution is 0.101. The van der Waals surface area contributed by atoms with Crippen molar-refractivity contribution in [1.29, 1.82) is 0 Å². The van der Waals surface area contributed by atoms with Crippen LogP contribution in [0.5, 0.6) is 5.75 Å². The smallest absolute Gasteiger partial charge is 0.255 e. The number of amides is 2. The molecule has 6 heteroatoms. The highest BCUT2D eigenvalue weighted by Gasteiger charge is 2.10. The van der Waals surface area contributed by atoms with Crippen LogP contribution in [0, 0.1) is 5.82 Å². The van der Waals surface area contributed by atoms with Gasteiger partial charge in [0.05, 0.1) is 7.11 Å². The third-order valence-corrected chi connectivity index (χ3v) is 3.82. The van der Waals surface area contributed by atoms with E-state index in [1.807, 2.05) is 0 Å². The van der Waals surface area contributed by atoms with Crippen LogP contribution < -0.4 is 15.4 Å². The number of hydrogen-bond donors (Lipinski definition) is 2. The summed E-state index contributed by atoms with van der Waals surface area (Å²) < 4.78 is 18.3. The molecule has 0 aliphatic heterocycles. The second-order valence-electron chi connectivity index (χ2n) is 5.73. The standard InChI is InChI=1S/C21H17FN2O3/c1-27-19-7-3-6-18(13-19)24-21(26)15-10-8-14(9-11-15)20(25)23-17-5-2-4-16(22)12-17/h2-13H,1H3,(H,23,25)(H,24,26). The second-order valence-corrected chi connectivity index (χ2v) is 5.73. The summed E-state index contributed by atoms with van der Waals surface area (Å²) in [5.41, 5.74) is 1.73. The summed E-state index contributed by atoms with van der Waals surface area (Å²) in [6, 6.07) is 18.8. The van der Waals surface area contributed by atoms with Gasteiger partial charge in [-0.15, -0.1) is 0 Å². The number of nitrogens with one attached hydrogen (secondary N) is 2. The molecule has 2 N–H and O–H groups in total. The lowest BCUT2D eigenvalue weighted by atomic mass is 10.1. The highest BCUT2D eigenvalue weighted by Crippen LogP contribution is 2.18. The van der Waals surface area contributed by atoms with Gasteiger partial charge >= 0.3 is 0 Å². The predicted octanol–water partition coefficient (Wildman–Crippen LogP) is 4.34. The number of anilines is 2. The Kier molecular flexibility index (Phi) is 5.47. The van der Waals surface area contributed by atoms with Gasteiger partial charge in [0, 0.05) is 28.6 Å². The molecule has 2 amide bonds. The Morgan fingerprint density at radius 2 is 1.30 bits per heavy atom. The van der Waals surface area contributed by atoms with Gasteiger partial charge in [0.2, 0.25) is 0 Å². The Morgan fingerprint density at radius 3 is 1.81 bits per heavy atom. The van der Waals surface area contributed by atoms with E-state index < -0.39 is 5.82 Å². The van der Waals surface area contributed by atoms with Crippen molar-refractivity contribution in [3.05, 3.63) is 89.7 Å². The van der Waals surface area contributed by atoms with Crippen LogP contribution in [0.15, 0.2) is 72.8 Å². The van der Waals surface area contributed by atoms with Gasteiger partial charge < -0.3 is 15.4 Å². The van der Waals surface area contributed by atoms with E-state index >= 15 is 0 Å². The minimum atomic E-state index is -0.433. The third kappa shape index (κ3) is 4.70. The molecule has 3 aromatic carbocycles. The van der Waals surface area contributed by atoms with E-state index in [4.69, 9.17) is 4.74 Å². The van der Waals surface area contributed by atoms with Crippen molar-refractivity contribution in [2.75, 3.05) is 17.7 Å². The van der Waals surface area contributed by atoms with E-state index in [1.54, 1.807) is 49.6 Å². The second kappa shape index (κ2) is 8.14. The molecule has 0 spiro atoms. The summed E-state index contributed by atoms with van der Waals surface area (Å²) in [4.78, 5) is 24.5. The lowest BCUT2D eigenvalue weighted by Gasteiger charge is -2.08. The summed E-state index contributed by atoms with van der Waals surface area (Å²) in [5, 5.41) is 5.37. The zero-order valence-corrected chi connectivity index (χ0v) is 14.5. The number of ether oxygens (including phenoxy) is 1. The molecule has 0 saturated heterocycles. The average molecular weight is 364 g/mol. The summed E-state index contributed by atoms with van der Waals surface area (Å²) >= 11 is 0. The summed E-state index contributed by atoms with van der Waals surface area (Å²) in [5.74, 6) is -0.491. The number of benzene rings is 3. The van der Waals surface area contributed by atoms with Gasteiger partial charge in [-0.05, 0) is 54.6 Å². The molecule has 0 aromatic heterocycles. The normalized spacial score (nSPS) is 10.1. The van der Waals surface area contributed by atoms with Gasteiger partial charge in [0.15, 0.2) is 0 Å². The zero-order chi connectivity index (χ0) is 19.2. The molecule has 5 nitrogen and oxygen atoms in total. The van der Waals surface area contributed by atoms with Gasteiger partial charge in [-0.25, -0.2) is 4.39 Å². The molecule has 0 heterocycles. The first-order valence-electron chi connectivity index (χ1n) is 8.17. The zero-order valence-electron chi connectivity index (χ0n) is 14.5. The molecule has 0 atom stereocenters. The van der Waals surface area contributed by atoms with Crippen LogP contribution in [0.1, 0.15) is 20.7 Å². The number of rotatable bonds is 5. The fourth-order valence-corrected chi connectivity index (χ4v) is 2.45. The summed E-state index contributed by atoms with van der Waals surface area (Å²) in [6.45, 7) is 0. The van der Waals surface area contributed by atoms with Crippen molar-refractivity contribution < 1.29 is 18.7 Å². The molecule has 27 heavy (non-hydrogen) atoms. The largest absolute Gasteiger partial charge is 0.497 e. The fraction of sp³-hybridized carbons (Fsp3) is 0.0476. The highest BCUT2D eigenvalue weighted by molar-refractivity contribution is 6.07. The first-order chi connectivity index (χ1) is 13.0. The SMILES string of the molecule is COc1cccc(NC(=O)c2ccc(C(=O)Nc3cccc(F)c3)cc2)c1. The Bertz CT molecular complexity index is 971. The van der Waals surface area contributed by atoms with Crippen LogP contribution in [0.3, 0.4) is 0 Å². The van der Waals surface area contributed by atoms with Crippen LogP contribution >= 0.6 is 0 Å². The van der Waals surface area contributed by atoms with Crippen molar-refractivity contribution in [2.45, 2.75) is 0 Å². The Labute approximate surface area is 155 Å². The molecular weight excluding hydrogens is 347 g/mol.